The summed E-state index contributed by atoms with van der Waals surface area (Å²) in [5, 5.41) is 5.47. The quantitative estimate of drug-likeness (QED) is 0.760. The van der Waals surface area contributed by atoms with E-state index in [1.807, 2.05) is 0 Å². The van der Waals surface area contributed by atoms with Crippen molar-refractivity contribution in [3.8, 4) is 0 Å². The van der Waals surface area contributed by atoms with E-state index in [0.717, 1.165) is 37.8 Å². The lowest BCUT2D eigenvalue weighted by Gasteiger charge is -2.30. The molecule has 0 atom stereocenters. The molecular weight excluding hydrogens is 312 g/mol. The van der Waals surface area contributed by atoms with Crippen LogP contribution in [0, 0.1) is 5.92 Å². The topological polar surface area (TPSA) is 58.0 Å². The van der Waals surface area contributed by atoms with Gasteiger partial charge in [-0.2, -0.15) is 4.98 Å². The van der Waals surface area contributed by atoms with Crippen molar-refractivity contribution < 1.29 is 4.52 Å². The molecule has 0 radical (unpaired) electrons. The van der Waals surface area contributed by atoms with Crippen LogP contribution in [-0.4, -0.2) is 33.1 Å². The van der Waals surface area contributed by atoms with E-state index in [9.17, 15) is 0 Å². The maximum Gasteiger partial charge on any atom is 0.240 e. The van der Waals surface area contributed by atoms with Crippen molar-refractivity contribution >= 4 is 10.9 Å². The van der Waals surface area contributed by atoms with Gasteiger partial charge in [0.05, 0.1) is 6.54 Å². The molecular formula is C20H26N4O. The molecule has 0 saturated carbocycles. The second-order valence-electron chi connectivity index (χ2n) is 7.54. The smallest absolute Gasteiger partial charge is 0.240 e. The highest BCUT2D eigenvalue weighted by Gasteiger charge is 2.24. The number of rotatable bonds is 5. The average Bonchev–Trinajstić information content (AvgIpc) is 3.22. The minimum absolute atomic E-state index is 0.553. The SMILES string of the molecule is CC(C)Cc1noc(CN2CCC(c3c[nH]c4ccccc34)CC2)n1. The number of benzene rings is 1. The fourth-order valence-electron chi connectivity index (χ4n) is 3.83. The largest absolute Gasteiger partial charge is 0.361 e. The van der Waals surface area contributed by atoms with Gasteiger partial charge in [-0.1, -0.05) is 37.2 Å². The van der Waals surface area contributed by atoms with E-state index in [4.69, 9.17) is 4.52 Å². The Morgan fingerprint density at radius 1 is 1.24 bits per heavy atom. The molecule has 3 heterocycles. The molecule has 0 bridgehead atoms. The van der Waals surface area contributed by atoms with Crippen molar-refractivity contribution in [3.63, 3.8) is 0 Å². The van der Waals surface area contributed by atoms with Crippen LogP contribution in [0.4, 0.5) is 0 Å². The minimum Gasteiger partial charge on any atom is -0.361 e. The van der Waals surface area contributed by atoms with Crippen LogP contribution in [0.5, 0.6) is 0 Å². The number of H-pyrrole nitrogens is 1. The predicted octanol–water partition coefficient (Wildman–Crippen LogP) is 4.13. The van der Waals surface area contributed by atoms with Crippen LogP contribution in [0.25, 0.3) is 10.9 Å². The Balaban J connectivity index is 1.36. The number of hydrogen-bond donors (Lipinski definition) is 1. The van der Waals surface area contributed by atoms with Crippen LogP contribution in [0.15, 0.2) is 35.0 Å². The van der Waals surface area contributed by atoms with Gasteiger partial charge in [0.1, 0.15) is 0 Å². The molecule has 1 aliphatic heterocycles. The summed E-state index contributed by atoms with van der Waals surface area (Å²) >= 11 is 0. The fraction of sp³-hybridized carbons (Fsp3) is 0.500. The van der Waals surface area contributed by atoms with Gasteiger partial charge < -0.3 is 9.51 Å². The third-order valence-electron chi connectivity index (χ3n) is 5.11. The Morgan fingerprint density at radius 2 is 2.04 bits per heavy atom. The number of aromatic amines is 1. The summed E-state index contributed by atoms with van der Waals surface area (Å²) in [4.78, 5) is 10.4. The normalized spacial score (nSPS) is 16.9. The Kier molecular flexibility index (Phi) is 4.57. The molecule has 5 nitrogen and oxygen atoms in total. The molecule has 0 unspecified atom stereocenters. The number of fused-ring (bicyclic) bond motifs is 1. The van der Waals surface area contributed by atoms with E-state index in [2.05, 4.69) is 64.3 Å². The standard InChI is InChI=1S/C20H26N4O/c1-14(2)11-19-22-20(25-23-19)13-24-9-7-15(8-10-24)17-12-21-18-6-4-3-5-16(17)18/h3-6,12,14-15,21H,7-11,13H2,1-2H3. The van der Waals surface area contributed by atoms with E-state index >= 15 is 0 Å². The highest BCUT2D eigenvalue weighted by molar-refractivity contribution is 5.83. The third kappa shape index (κ3) is 3.61. The molecule has 1 fully saturated rings. The maximum absolute atomic E-state index is 5.42. The Hall–Kier alpha value is -2.14. The van der Waals surface area contributed by atoms with Crippen LogP contribution >= 0.6 is 0 Å². The number of nitrogens with one attached hydrogen (secondary N) is 1. The number of hydrogen-bond acceptors (Lipinski definition) is 4. The predicted molar refractivity (Wildman–Crippen MR) is 98.4 cm³/mol. The molecule has 5 heteroatoms. The molecule has 1 aromatic carbocycles. The molecule has 0 spiro atoms. The summed E-state index contributed by atoms with van der Waals surface area (Å²) < 4.78 is 5.42. The lowest BCUT2D eigenvalue weighted by Crippen LogP contribution is -2.32. The number of piperidine rings is 1. The first kappa shape index (κ1) is 16.3. The van der Waals surface area contributed by atoms with Crippen LogP contribution < -0.4 is 0 Å². The first-order valence-electron chi connectivity index (χ1n) is 9.29. The van der Waals surface area contributed by atoms with Gasteiger partial charge in [-0.05, 0) is 49.4 Å². The lowest BCUT2D eigenvalue weighted by molar-refractivity contribution is 0.181. The first-order valence-corrected chi connectivity index (χ1v) is 9.29. The summed E-state index contributed by atoms with van der Waals surface area (Å²) in [6, 6.07) is 8.59. The summed E-state index contributed by atoms with van der Waals surface area (Å²) in [6.45, 7) is 7.26. The van der Waals surface area contributed by atoms with Gasteiger partial charge in [-0.25, -0.2) is 0 Å². The van der Waals surface area contributed by atoms with Crippen molar-refractivity contribution in [1.29, 1.82) is 0 Å². The average molecular weight is 338 g/mol. The highest BCUT2D eigenvalue weighted by atomic mass is 16.5. The van der Waals surface area contributed by atoms with Crippen LogP contribution in [0.1, 0.15) is 49.9 Å². The first-order chi connectivity index (χ1) is 12.2. The van der Waals surface area contributed by atoms with Crippen LogP contribution in [0.3, 0.4) is 0 Å². The van der Waals surface area contributed by atoms with Crippen molar-refractivity contribution in [2.45, 2.75) is 45.6 Å². The summed E-state index contributed by atoms with van der Waals surface area (Å²) in [7, 11) is 0. The molecule has 132 valence electrons. The van der Waals surface area contributed by atoms with Gasteiger partial charge in [-0.15, -0.1) is 0 Å². The fourth-order valence-corrected chi connectivity index (χ4v) is 3.83. The van der Waals surface area contributed by atoms with Gasteiger partial charge in [0.2, 0.25) is 5.89 Å². The zero-order valence-electron chi connectivity index (χ0n) is 15.0. The van der Waals surface area contributed by atoms with Gasteiger partial charge in [0.15, 0.2) is 5.82 Å². The molecule has 0 amide bonds. The molecule has 0 aliphatic carbocycles. The van der Waals surface area contributed by atoms with Gasteiger partial charge in [-0.3, -0.25) is 4.90 Å². The number of nitrogens with zero attached hydrogens (tertiary/aromatic N) is 3. The molecule has 1 aliphatic rings. The van der Waals surface area contributed by atoms with Crippen molar-refractivity contribution in [2.75, 3.05) is 13.1 Å². The van der Waals surface area contributed by atoms with Crippen molar-refractivity contribution in [3.05, 3.63) is 47.7 Å². The zero-order chi connectivity index (χ0) is 17.2. The highest BCUT2D eigenvalue weighted by Crippen LogP contribution is 2.33. The van der Waals surface area contributed by atoms with E-state index < -0.39 is 0 Å². The Morgan fingerprint density at radius 3 is 2.84 bits per heavy atom. The zero-order valence-corrected chi connectivity index (χ0v) is 15.0. The summed E-state index contributed by atoms with van der Waals surface area (Å²) in [5.74, 6) is 2.77. The number of likely N-dealkylation sites (tertiary alicyclic amines) is 1. The van der Waals surface area contributed by atoms with E-state index in [0.29, 0.717) is 11.8 Å². The third-order valence-corrected chi connectivity index (χ3v) is 5.11. The second kappa shape index (κ2) is 7.00. The number of aromatic nitrogens is 3. The van der Waals surface area contributed by atoms with Crippen LogP contribution in [0.2, 0.25) is 0 Å². The van der Waals surface area contributed by atoms with Gasteiger partial charge in [0.25, 0.3) is 0 Å². The maximum atomic E-state index is 5.42. The monoisotopic (exact) mass is 338 g/mol. The minimum atomic E-state index is 0.553. The molecule has 3 aromatic rings. The number of para-hydroxylation sites is 1. The van der Waals surface area contributed by atoms with E-state index in [1.165, 1.54) is 29.3 Å². The van der Waals surface area contributed by atoms with Crippen molar-refractivity contribution in [2.24, 2.45) is 5.92 Å². The second-order valence-corrected chi connectivity index (χ2v) is 7.54. The van der Waals surface area contributed by atoms with E-state index in [1.54, 1.807) is 0 Å². The summed E-state index contributed by atoms with van der Waals surface area (Å²) in [5.41, 5.74) is 2.70. The molecule has 1 saturated heterocycles. The molecule has 4 rings (SSSR count). The van der Waals surface area contributed by atoms with E-state index in [-0.39, 0.29) is 0 Å². The van der Waals surface area contributed by atoms with Crippen LogP contribution in [-0.2, 0) is 13.0 Å². The summed E-state index contributed by atoms with van der Waals surface area (Å²) in [6.07, 6.45) is 5.43. The Bertz CT molecular complexity index is 827. The molecule has 1 N–H and O–H groups in total. The van der Waals surface area contributed by atoms with Gasteiger partial charge >= 0.3 is 0 Å². The molecule has 2 aromatic heterocycles. The Labute approximate surface area is 148 Å². The van der Waals surface area contributed by atoms with Crippen molar-refractivity contribution in [1.82, 2.24) is 20.0 Å². The molecule has 25 heavy (non-hydrogen) atoms. The van der Waals surface area contributed by atoms with Gasteiger partial charge in [0, 0.05) is 23.5 Å². The lowest BCUT2D eigenvalue weighted by atomic mass is 9.89.